The van der Waals surface area contributed by atoms with Crippen molar-refractivity contribution in [1.82, 2.24) is 15.1 Å². The van der Waals surface area contributed by atoms with Gasteiger partial charge in [-0.2, -0.15) is 10.4 Å². The summed E-state index contributed by atoms with van der Waals surface area (Å²) in [6, 6.07) is 8.07. The summed E-state index contributed by atoms with van der Waals surface area (Å²) in [5.74, 6) is 1.24. The Hall–Kier alpha value is -3.14. The molecule has 182 valence electrons. The third-order valence-corrected chi connectivity index (χ3v) is 5.40. The summed E-state index contributed by atoms with van der Waals surface area (Å²) in [5, 5.41) is 16.9. The minimum absolute atomic E-state index is 0.569. The van der Waals surface area contributed by atoms with Gasteiger partial charge in [-0.05, 0) is 81.5 Å². The number of nitrogens with one attached hydrogen (secondary N) is 1. The summed E-state index contributed by atoms with van der Waals surface area (Å²) in [4.78, 5) is 0. The van der Waals surface area contributed by atoms with E-state index in [1.165, 1.54) is 11.1 Å². The third-order valence-electron chi connectivity index (χ3n) is 5.40. The number of ether oxygens (including phenoxy) is 2. The second-order valence-corrected chi connectivity index (χ2v) is 8.68. The van der Waals surface area contributed by atoms with E-state index in [9.17, 15) is 5.26 Å². The highest BCUT2D eigenvalue weighted by Crippen LogP contribution is 2.26. The summed E-state index contributed by atoms with van der Waals surface area (Å²) < 4.78 is 12.7. The van der Waals surface area contributed by atoms with Gasteiger partial charge in [-0.25, -0.2) is 0 Å². The van der Waals surface area contributed by atoms with E-state index in [0.717, 1.165) is 50.2 Å². The van der Waals surface area contributed by atoms with Crippen molar-refractivity contribution < 1.29 is 9.47 Å². The van der Waals surface area contributed by atoms with E-state index in [2.05, 4.69) is 43.0 Å². The number of hydrogen-bond acceptors (Lipinski definition) is 5. The number of rotatable bonds is 9. The predicted octanol–water partition coefficient (Wildman–Crippen LogP) is 5.31. The van der Waals surface area contributed by atoms with Crippen molar-refractivity contribution >= 4 is 5.57 Å². The minimum atomic E-state index is 0.569. The Kier molecular flexibility index (Phi) is 11.9. The molecule has 0 amide bonds. The van der Waals surface area contributed by atoms with Crippen LogP contribution in [0.2, 0.25) is 0 Å². The van der Waals surface area contributed by atoms with Crippen molar-refractivity contribution in [3.05, 3.63) is 77.7 Å². The zero-order chi connectivity index (χ0) is 24.8. The Balaban J connectivity index is 0.000000340. The number of piperidine rings is 1. The summed E-state index contributed by atoms with van der Waals surface area (Å²) in [5.41, 5.74) is 5.02. The fourth-order valence-corrected chi connectivity index (χ4v) is 3.62. The van der Waals surface area contributed by atoms with Crippen LogP contribution in [-0.2, 0) is 11.3 Å². The molecule has 0 saturated carbocycles. The van der Waals surface area contributed by atoms with Gasteiger partial charge in [-0.3, -0.25) is 4.68 Å². The van der Waals surface area contributed by atoms with E-state index in [0.29, 0.717) is 23.8 Å². The molecule has 2 aromatic rings. The molecule has 1 saturated heterocycles. The molecule has 1 aliphatic heterocycles. The number of aromatic nitrogens is 2. The van der Waals surface area contributed by atoms with Gasteiger partial charge in [0.2, 0.25) is 0 Å². The first-order valence-corrected chi connectivity index (χ1v) is 11.8. The first-order chi connectivity index (χ1) is 16.5. The Morgan fingerprint density at radius 3 is 2.68 bits per heavy atom. The molecule has 1 aromatic heterocycles. The van der Waals surface area contributed by atoms with Gasteiger partial charge in [0.1, 0.15) is 11.8 Å². The lowest BCUT2D eigenvalue weighted by atomic mass is 9.99. The second-order valence-electron chi connectivity index (χ2n) is 8.68. The monoisotopic (exact) mass is 462 g/mol. The molecule has 3 rings (SSSR count). The van der Waals surface area contributed by atoms with Gasteiger partial charge in [0.25, 0.3) is 0 Å². The molecule has 1 aliphatic rings. The SMILES string of the molecule is C=C/C=C(\C=C(C)C)c1ccc(OCC2CCNCC2)c(C#N)c1.COCCn1cc(C)cn1. The minimum Gasteiger partial charge on any atom is -0.492 e. The van der Waals surface area contributed by atoms with Crippen LogP contribution in [-0.4, -0.2) is 43.2 Å². The third kappa shape index (κ3) is 9.38. The van der Waals surface area contributed by atoms with Crippen molar-refractivity contribution in [2.24, 2.45) is 5.92 Å². The number of methoxy groups -OCH3 is 1. The fourth-order valence-electron chi connectivity index (χ4n) is 3.62. The lowest BCUT2D eigenvalue weighted by Crippen LogP contribution is -2.30. The van der Waals surface area contributed by atoms with Gasteiger partial charge in [0, 0.05) is 13.3 Å². The van der Waals surface area contributed by atoms with Crippen LogP contribution in [0, 0.1) is 24.2 Å². The van der Waals surface area contributed by atoms with E-state index >= 15 is 0 Å². The summed E-state index contributed by atoms with van der Waals surface area (Å²) in [7, 11) is 1.69. The van der Waals surface area contributed by atoms with Crippen LogP contribution in [0.15, 0.2) is 61.0 Å². The van der Waals surface area contributed by atoms with Crippen molar-refractivity contribution in [2.45, 2.75) is 40.2 Å². The van der Waals surface area contributed by atoms with Gasteiger partial charge in [0.15, 0.2) is 0 Å². The molecule has 2 heterocycles. The van der Waals surface area contributed by atoms with E-state index in [1.54, 1.807) is 13.2 Å². The number of allylic oxidation sites excluding steroid dienone is 5. The van der Waals surface area contributed by atoms with Gasteiger partial charge in [-0.1, -0.05) is 36.4 Å². The van der Waals surface area contributed by atoms with E-state index in [4.69, 9.17) is 9.47 Å². The zero-order valence-corrected chi connectivity index (χ0v) is 21.0. The number of benzene rings is 1. The van der Waals surface area contributed by atoms with Crippen molar-refractivity contribution in [1.29, 1.82) is 5.26 Å². The van der Waals surface area contributed by atoms with Crippen molar-refractivity contribution in [3.8, 4) is 11.8 Å². The topological polar surface area (TPSA) is 72.1 Å². The maximum atomic E-state index is 9.48. The van der Waals surface area contributed by atoms with E-state index in [1.807, 2.05) is 48.3 Å². The lowest BCUT2D eigenvalue weighted by molar-refractivity contribution is 0.183. The van der Waals surface area contributed by atoms with Gasteiger partial charge in [-0.15, -0.1) is 0 Å². The van der Waals surface area contributed by atoms with E-state index in [-0.39, 0.29) is 0 Å². The van der Waals surface area contributed by atoms with Crippen LogP contribution in [0.25, 0.3) is 5.57 Å². The molecule has 34 heavy (non-hydrogen) atoms. The molecule has 0 atom stereocenters. The number of nitrogens with zero attached hydrogens (tertiary/aromatic N) is 3. The van der Waals surface area contributed by atoms with Gasteiger partial charge >= 0.3 is 0 Å². The first kappa shape index (κ1) is 27.1. The molecule has 0 unspecified atom stereocenters. The number of nitriles is 1. The predicted molar refractivity (Wildman–Crippen MR) is 139 cm³/mol. The maximum absolute atomic E-state index is 9.48. The fraction of sp³-hybridized carbons (Fsp3) is 0.429. The molecule has 1 N–H and O–H groups in total. The average Bonchev–Trinajstić information content (AvgIpc) is 3.26. The standard InChI is InChI=1S/C21H26N2O.C7H12N2O/c1-4-5-18(12-16(2)3)19-6-7-21(20(13-19)14-22)24-15-17-8-10-23-11-9-17;1-7-5-8-9(6-7)3-4-10-2/h4-7,12-13,17,23H,1,8-11,15H2,2-3H3;5-6H,3-4H2,1-2H3/b18-5+;. The molecule has 1 aromatic carbocycles. The molecule has 6 heteroatoms. The Bertz CT molecular complexity index is 1000. The largest absolute Gasteiger partial charge is 0.492 e. The van der Waals surface area contributed by atoms with Gasteiger partial charge in [0.05, 0.1) is 31.5 Å². The summed E-state index contributed by atoms with van der Waals surface area (Å²) in [6.07, 6.45) is 11.9. The quantitative estimate of drug-likeness (QED) is 0.511. The molecule has 0 radical (unpaired) electrons. The summed E-state index contributed by atoms with van der Waals surface area (Å²) >= 11 is 0. The molecule has 1 fully saturated rings. The van der Waals surface area contributed by atoms with Crippen molar-refractivity contribution in [2.75, 3.05) is 33.4 Å². The molecular weight excluding hydrogens is 424 g/mol. The average molecular weight is 463 g/mol. The molecule has 0 bridgehead atoms. The highest BCUT2D eigenvalue weighted by Gasteiger charge is 2.15. The summed E-state index contributed by atoms with van der Waals surface area (Å²) in [6.45, 7) is 14.3. The molecule has 6 nitrogen and oxygen atoms in total. The Morgan fingerprint density at radius 1 is 1.32 bits per heavy atom. The van der Waals surface area contributed by atoms with Crippen LogP contribution < -0.4 is 10.1 Å². The van der Waals surface area contributed by atoms with Crippen LogP contribution in [0.5, 0.6) is 5.75 Å². The van der Waals surface area contributed by atoms with Crippen LogP contribution in [0.1, 0.15) is 43.4 Å². The van der Waals surface area contributed by atoms with Crippen LogP contribution in [0.3, 0.4) is 0 Å². The highest BCUT2D eigenvalue weighted by molar-refractivity contribution is 5.77. The number of aryl methyl sites for hydroxylation is 1. The molecular formula is C28H38N4O2. The number of hydrogen-bond donors (Lipinski definition) is 1. The first-order valence-electron chi connectivity index (χ1n) is 11.8. The highest BCUT2D eigenvalue weighted by atomic mass is 16.5. The van der Waals surface area contributed by atoms with Crippen LogP contribution in [0.4, 0.5) is 0 Å². The van der Waals surface area contributed by atoms with Gasteiger partial charge < -0.3 is 14.8 Å². The maximum Gasteiger partial charge on any atom is 0.137 e. The Morgan fingerprint density at radius 2 is 2.09 bits per heavy atom. The Labute approximate surface area is 204 Å². The lowest BCUT2D eigenvalue weighted by Gasteiger charge is -2.23. The van der Waals surface area contributed by atoms with E-state index < -0.39 is 0 Å². The smallest absolute Gasteiger partial charge is 0.137 e. The molecule has 0 aliphatic carbocycles. The second kappa shape index (κ2) is 14.9. The molecule has 0 spiro atoms. The zero-order valence-electron chi connectivity index (χ0n) is 21.0. The van der Waals surface area contributed by atoms with Crippen LogP contribution >= 0.6 is 0 Å². The normalized spacial score (nSPS) is 13.9. The van der Waals surface area contributed by atoms with Crippen molar-refractivity contribution in [3.63, 3.8) is 0 Å².